The molecule has 1 aromatic carbocycles. The van der Waals surface area contributed by atoms with Gasteiger partial charge in [0.1, 0.15) is 12.1 Å². The summed E-state index contributed by atoms with van der Waals surface area (Å²) in [5, 5.41) is 18.6. The van der Waals surface area contributed by atoms with Gasteiger partial charge in [0.15, 0.2) is 16.1 Å². The summed E-state index contributed by atoms with van der Waals surface area (Å²) < 4.78 is 41.9. The number of aromatic nitrogens is 3. The van der Waals surface area contributed by atoms with E-state index in [1.165, 1.54) is 6.26 Å². The molecule has 1 fully saturated rings. The summed E-state index contributed by atoms with van der Waals surface area (Å²) in [5.41, 5.74) is 1.56. The molecule has 1 aliphatic heterocycles. The number of aliphatic hydroxyl groups excluding tert-OH is 1. The highest BCUT2D eigenvalue weighted by Crippen LogP contribution is 2.30. The summed E-state index contributed by atoms with van der Waals surface area (Å²) in [6.07, 6.45) is 4.92. The van der Waals surface area contributed by atoms with Crippen molar-refractivity contribution in [2.24, 2.45) is 0 Å². The average molecular weight is 497 g/mol. The number of ether oxygens (including phenoxy) is 3. The Hall–Kier alpha value is -1.89. The van der Waals surface area contributed by atoms with Gasteiger partial charge < -0.3 is 24.2 Å². The molecule has 11 heteroatoms. The Balaban J connectivity index is 1.65. The third kappa shape index (κ3) is 6.61. The van der Waals surface area contributed by atoms with E-state index in [0.717, 1.165) is 30.6 Å². The van der Waals surface area contributed by atoms with Gasteiger partial charge in [-0.2, -0.15) is 0 Å². The minimum atomic E-state index is -3.29. The van der Waals surface area contributed by atoms with E-state index in [9.17, 15) is 13.5 Å². The first-order valence-electron chi connectivity index (χ1n) is 11.4. The van der Waals surface area contributed by atoms with Gasteiger partial charge in [-0.25, -0.2) is 13.1 Å². The molecule has 0 saturated carbocycles. The molecule has 34 heavy (non-hydrogen) atoms. The maximum absolute atomic E-state index is 11.7. The highest BCUT2D eigenvalue weighted by Gasteiger charge is 2.30. The van der Waals surface area contributed by atoms with Crippen LogP contribution in [0.2, 0.25) is 0 Å². The third-order valence-corrected chi connectivity index (χ3v) is 7.51. The monoisotopic (exact) mass is 496 g/mol. The second kappa shape index (κ2) is 11.7. The van der Waals surface area contributed by atoms with Gasteiger partial charge in [0, 0.05) is 52.1 Å². The molecule has 0 amide bonds. The fraction of sp³-hybridized carbons (Fsp3) is 0.652. The van der Waals surface area contributed by atoms with Crippen molar-refractivity contribution in [3.63, 3.8) is 0 Å². The van der Waals surface area contributed by atoms with E-state index >= 15 is 0 Å². The summed E-state index contributed by atoms with van der Waals surface area (Å²) in [5.74, 6) is 0. The zero-order chi connectivity index (χ0) is 24.9. The Kier molecular flexibility index (Phi) is 9.19. The number of aliphatic hydroxyl groups is 1. The largest absolute Gasteiger partial charge is 0.394 e. The SMILES string of the molecule is CO[C@H]1C[C@@H](N(C)CCc2cn([C@H](CO)[C@H](OC)c3ccc(S(C)(=O)=O)cc3)nn2)C[C@@H](C)O1. The van der Waals surface area contributed by atoms with Gasteiger partial charge in [0.05, 0.1) is 23.3 Å². The molecule has 0 spiro atoms. The van der Waals surface area contributed by atoms with E-state index in [4.69, 9.17) is 14.2 Å². The van der Waals surface area contributed by atoms with Crippen LogP contribution in [-0.4, -0.2) is 92.5 Å². The first-order chi connectivity index (χ1) is 16.2. The van der Waals surface area contributed by atoms with Crippen LogP contribution in [0.3, 0.4) is 0 Å². The lowest BCUT2D eigenvalue weighted by molar-refractivity contribution is -0.189. The molecule has 0 unspecified atom stereocenters. The van der Waals surface area contributed by atoms with E-state index in [1.54, 1.807) is 43.2 Å². The summed E-state index contributed by atoms with van der Waals surface area (Å²) in [4.78, 5) is 2.53. The predicted molar refractivity (Wildman–Crippen MR) is 126 cm³/mol. The lowest BCUT2D eigenvalue weighted by atomic mass is 10.0. The van der Waals surface area contributed by atoms with Gasteiger partial charge in [-0.05, 0) is 38.1 Å². The molecular formula is C23H36N4O6S. The van der Waals surface area contributed by atoms with E-state index < -0.39 is 22.0 Å². The zero-order valence-corrected chi connectivity index (χ0v) is 21.3. The summed E-state index contributed by atoms with van der Waals surface area (Å²) >= 11 is 0. The van der Waals surface area contributed by atoms with Crippen LogP contribution in [0, 0.1) is 0 Å². The van der Waals surface area contributed by atoms with Crippen LogP contribution >= 0.6 is 0 Å². The highest BCUT2D eigenvalue weighted by atomic mass is 32.2. The molecule has 190 valence electrons. The van der Waals surface area contributed by atoms with E-state index in [1.807, 2.05) is 6.20 Å². The Morgan fingerprint density at radius 3 is 2.56 bits per heavy atom. The number of nitrogens with zero attached hydrogens (tertiary/aromatic N) is 4. The minimum Gasteiger partial charge on any atom is -0.394 e. The first kappa shape index (κ1) is 26.7. The average Bonchev–Trinajstić information content (AvgIpc) is 3.28. The molecule has 1 saturated heterocycles. The quantitative estimate of drug-likeness (QED) is 0.495. The van der Waals surface area contributed by atoms with Crippen LogP contribution in [0.5, 0.6) is 0 Å². The Labute approximate surface area is 201 Å². The van der Waals surface area contributed by atoms with Crippen LogP contribution in [0.15, 0.2) is 35.4 Å². The number of methoxy groups -OCH3 is 2. The molecule has 0 radical (unpaired) electrons. The number of hydrogen-bond donors (Lipinski definition) is 1. The van der Waals surface area contributed by atoms with Gasteiger partial charge in [-0.1, -0.05) is 17.3 Å². The second-order valence-corrected chi connectivity index (χ2v) is 10.9. The number of hydrogen-bond acceptors (Lipinski definition) is 9. The molecule has 2 heterocycles. The van der Waals surface area contributed by atoms with Crippen LogP contribution in [0.4, 0.5) is 0 Å². The summed E-state index contributed by atoms with van der Waals surface area (Å²) in [6, 6.07) is 6.33. The van der Waals surface area contributed by atoms with Crippen molar-refractivity contribution in [3.8, 4) is 0 Å². The van der Waals surface area contributed by atoms with E-state index in [2.05, 4.69) is 29.2 Å². The predicted octanol–water partition coefficient (Wildman–Crippen LogP) is 1.62. The molecule has 1 aliphatic rings. The fourth-order valence-electron chi connectivity index (χ4n) is 4.39. The van der Waals surface area contributed by atoms with Gasteiger partial charge in [0.25, 0.3) is 0 Å². The topological polar surface area (TPSA) is 116 Å². The van der Waals surface area contributed by atoms with E-state index in [0.29, 0.717) is 12.5 Å². The van der Waals surface area contributed by atoms with Gasteiger partial charge >= 0.3 is 0 Å². The highest BCUT2D eigenvalue weighted by molar-refractivity contribution is 7.90. The summed E-state index contributed by atoms with van der Waals surface area (Å²) in [7, 11) is 2.02. The Bertz CT molecular complexity index is 1010. The van der Waals surface area contributed by atoms with Crippen LogP contribution in [0.25, 0.3) is 0 Å². The van der Waals surface area contributed by atoms with Crippen molar-refractivity contribution in [2.45, 2.75) is 61.7 Å². The van der Waals surface area contributed by atoms with Crippen molar-refractivity contribution in [1.82, 2.24) is 19.9 Å². The molecule has 1 N–H and O–H groups in total. The molecule has 1 aromatic heterocycles. The van der Waals surface area contributed by atoms with E-state index in [-0.39, 0.29) is 23.9 Å². The Morgan fingerprint density at radius 2 is 1.97 bits per heavy atom. The maximum atomic E-state index is 11.7. The zero-order valence-electron chi connectivity index (χ0n) is 20.5. The summed E-state index contributed by atoms with van der Waals surface area (Å²) in [6.45, 7) is 2.65. The minimum absolute atomic E-state index is 0.148. The maximum Gasteiger partial charge on any atom is 0.175 e. The number of rotatable bonds is 11. The van der Waals surface area contributed by atoms with Crippen LogP contribution < -0.4 is 0 Å². The number of sulfone groups is 1. The van der Waals surface area contributed by atoms with Crippen molar-refractivity contribution in [1.29, 1.82) is 0 Å². The normalized spacial score (nSPS) is 23.2. The van der Waals surface area contributed by atoms with Crippen LogP contribution in [-0.2, 0) is 30.5 Å². The lowest BCUT2D eigenvalue weighted by Crippen LogP contribution is -2.44. The van der Waals surface area contributed by atoms with Crippen molar-refractivity contribution in [3.05, 3.63) is 41.7 Å². The second-order valence-electron chi connectivity index (χ2n) is 8.91. The van der Waals surface area contributed by atoms with Gasteiger partial charge in [-0.15, -0.1) is 5.10 Å². The molecule has 0 bridgehead atoms. The van der Waals surface area contributed by atoms with Crippen LogP contribution in [0.1, 0.15) is 43.2 Å². The Morgan fingerprint density at radius 1 is 1.26 bits per heavy atom. The fourth-order valence-corrected chi connectivity index (χ4v) is 5.02. The van der Waals surface area contributed by atoms with Crippen molar-refractivity contribution >= 4 is 9.84 Å². The molecule has 3 rings (SSSR count). The van der Waals surface area contributed by atoms with Gasteiger partial charge in [0.2, 0.25) is 0 Å². The third-order valence-electron chi connectivity index (χ3n) is 6.38. The molecule has 0 aliphatic carbocycles. The number of benzene rings is 1. The smallest absolute Gasteiger partial charge is 0.175 e. The molecule has 2 aromatic rings. The lowest BCUT2D eigenvalue weighted by Gasteiger charge is -2.37. The molecule has 10 nitrogen and oxygen atoms in total. The van der Waals surface area contributed by atoms with Gasteiger partial charge in [-0.3, -0.25) is 0 Å². The standard InChI is InChI=1S/C23H36N4O6S/c1-16-12-19(13-22(31-3)33-16)26(2)11-10-18-14-27(25-24-18)21(15-28)23(32-4)17-6-8-20(9-7-17)34(5,29)30/h6-9,14,16,19,21-23,28H,10-13,15H2,1-5H3/t16-,19+,21-,22-,23-/m1/s1. The molecule has 5 atom stereocenters. The number of likely N-dealkylation sites (N-methyl/N-ethyl adjacent to an activating group) is 1. The molecular weight excluding hydrogens is 460 g/mol. The first-order valence-corrected chi connectivity index (χ1v) is 13.3. The van der Waals surface area contributed by atoms with Crippen molar-refractivity contribution in [2.75, 3.05) is 40.7 Å². The van der Waals surface area contributed by atoms with Crippen molar-refractivity contribution < 1.29 is 27.7 Å².